The summed E-state index contributed by atoms with van der Waals surface area (Å²) in [5, 5.41) is 6.65. The minimum absolute atomic E-state index is 0.193. The number of rotatable bonds is 8. The highest BCUT2D eigenvalue weighted by atomic mass is 16.5. The van der Waals surface area contributed by atoms with Gasteiger partial charge in [-0.15, -0.1) is 0 Å². The Morgan fingerprint density at radius 1 is 1.07 bits per heavy atom. The molecular weight excluding hydrogens is 378 g/mol. The van der Waals surface area contributed by atoms with Gasteiger partial charge < -0.3 is 19.9 Å². The maximum Gasteiger partial charge on any atom is 0.267 e. The topological polar surface area (TPSA) is 72.4 Å². The lowest BCUT2D eigenvalue weighted by molar-refractivity contribution is -0.117. The van der Waals surface area contributed by atoms with Crippen molar-refractivity contribution in [3.8, 4) is 5.75 Å². The Bertz CT molecular complexity index is 1080. The first-order valence-corrected chi connectivity index (χ1v) is 10.1. The second-order valence-corrected chi connectivity index (χ2v) is 6.86. The minimum atomic E-state index is -0.399. The molecule has 1 heterocycles. The first kappa shape index (κ1) is 21.2. The van der Waals surface area contributed by atoms with Gasteiger partial charge in [-0.25, -0.2) is 0 Å². The summed E-state index contributed by atoms with van der Waals surface area (Å²) in [5.41, 5.74) is 2.51. The summed E-state index contributed by atoms with van der Waals surface area (Å²) < 4.78 is 7.40. The number of nitrogens with one attached hydrogen (secondary N) is 2. The van der Waals surface area contributed by atoms with E-state index < -0.39 is 5.91 Å². The number of benzene rings is 2. The predicted molar refractivity (Wildman–Crippen MR) is 119 cm³/mol. The Morgan fingerprint density at radius 3 is 2.53 bits per heavy atom. The van der Waals surface area contributed by atoms with Gasteiger partial charge in [-0.05, 0) is 37.6 Å². The average Bonchev–Trinajstić information content (AvgIpc) is 3.14. The Labute approximate surface area is 176 Å². The second-order valence-electron chi connectivity index (χ2n) is 6.86. The number of aryl methyl sites for hydroxylation is 1. The molecule has 0 saturated carbocycles. The zero-order valence-electron chi connectivity index (χ0n) is 17.6. The van der Waals surface area contributed by atoms with Crippen LogP contribution in [0.2, 0.25) is 0 Å². The van der Waals surface area contributed by atoms with Crippen molar-refractivity contribution in [2.24, 2.45) is 0 Å². The molecule has 0 unspecified atom stereocenters. The minimum Gasteiger partial charge on any atom is -0.496 e. The number of hydrogen-bond acceptors (Lipinski definition) is 3. The van der Waals surface area contributed by atoms with Crippen molar-refractivity contribution in [3.63, 3.8) is 0 Å². The summed E-state index contributed by atoms with van der Waals surface area (Å²) >= 11 is 0. The van der Waals surface area contributed by atoms with E-state index in [0.717, 1.165) is 29.4 Å². The Hall–Kier alpha value is -3.54. The molecule has 0 aliphatic rings. The smallest absolute Gasteiger partial charge is 0.267 e. The van der Waals surface area contributed by atoms with Gasteiger partial charge in [0, 0.05) is 35.8 Å². The maximum absolute atomic E-state index is 12.9. The number of hydrogen-bond donors (Lipinski definition) is 2. The van der Waals surface area contributed by atoms with Crippen LogP contribution in [0.1, 0.15) is 36.2 Å². The van der Waals surface area contributed by atoms with E-state index in [-0.39, 0.29) is 11.6 Å². The van der Waals surface area contributed by atoms with Crippen molar-refractivity contribution in [1.82, 2.24) is 15.2 Å². The molecule has 6 heteroatoms. The monoisotopic (exact) mass is 405 g/mol. The standard InChI is InChI=1S/C24H27N3O3/c1-4-14-25-24(29)20(26-23(28)19-11-7-9-13-22(19)30-3)15-17-16-27(5-2)21-12-8-6-10-18(17)21/h6-13,15-16H,4-5,14H2,1-3H3,(H,25,29)(H,26,28). The van der Waals surface area contributed by atoms with Crippen LogP contribution in [-0.2, 0) is 11.3 Å². The number of nitrogens with zero attached hydrogens (tertiary/aromatic N) is 1. The van der Waals surface area contributed by atoms with E-state index in [9.17, 15) is 9.59 Å². The number of ether oxygens (including phenoxy) is 1. The molecule has 30 heavy (non-hydrogen) atoms. The second kappa shape index (κ2) is 9.78. The molecule has 0 radical (unpaired) electrons. The molecule has 0 aliphatic heterocycles. The van der Waals surface area contributed by atoms with Gasteiger partial charge in [-0.1, -0.05) is 37.3 Å². The summed E-state index contributed by atoms with van der Waals surface area (Å²) in [6, 6.07) is 14.9. The summed E-state index contributed by atoms with van der Waals surface area (Å²) in [6.45, 7) is 5.38. The number of carbonyl (C=O) groups is 2. The SMILES string of the molecule is CCCNC(=O)C(=Cc1cn(CC)c2ccccc12)NC(=O)c1ccccc1OC. The highest BCUT2D eigenvalue weighted by Gasteiger charge is 2.18. The first-order valence-electron chi connectivity index (χ1n) is 10.1. The molecule has 0 bridgehead atoms. The summed E-state index contributed by atoms with van der Waals surface area (Å²) in [6.07, 6.45) is 4.52. The van der Waals surface area contributed by atoms with Crippen molar-refractivity contribution in [1.29, 1.82) is 0 Å². The number of fused-ring (bicyclic) bond motifs is 1. The quantitative estimate of drug-likeness (QED) is 0.557. The Balaban J connectivity index is 2.01. The van der Waals surface area contributed by atoms with Gasteiger partial charge in [0.25, 0.3) is 11.8 Å². The largest absolute Gasteiger partial charge is 0.496 e. The molecule has 0 saturated heterocycles. The van der Waals surface area contributed by atoms with Gasteiger partial charge >= 0.3 is 0 Å². The molecule has 0 atom stereocenters. The normalized spacial score (nSPS) is 11.4. The number of amides is 2. The number of carbonyl (C=O) groups excluding carboxylic acids is 2. The molecule has 0 aliphatic carbocycles. The molecule has 0 fully saturated rings. The number of para-hydroxylation sites is 2. The van der Waals surface area contributed by atoms with Crippen molar-refractivity contribution in [3.05, 3.63) is 71.6 Å². The van der Waals surface area contributed by atoms with Crippen LogP contribution in [0.15, 0.2) is 60.4 Å². The van der Waals surface area contributed by atoms with Gasteiger partial charge in [0.05, 0.1) is 12.7 Å². The third kappa shape index (κ3) is 4.54. The lowest BCUT2D eigenvalue weighted by Crippen LogP contribution is -2.35. The van der Waals surface area contributed by atoms with Crippen LogP contribution in [0.5, 0.6) is 5.75 Å². The van der Waals surface area contributed by atoms with E-state index in [0.29, 0.717) is 17.9 Å². The lowest BCUT2D eigenvalue weighted by Gasteiger charge is -2.12. The molecule has 2 amide bonds. The highest BCUT2D eigenvalue weighted by Crippen LogP contribution is 2.24. The van der Waals surface area contributed by atoms with Crippen LogP contribution in [0, 0.1) is 0 Å². The summed E-state index contributed by atoms with van der Waals surface area (Å²) in [7, 11) is 1.51. The van der Waals surface area contributed by atoms with Crippen LogP contribution in [0.3, 0.4) is 0 Å². The molecule has 2 N–H and O–H groups in total. The lowest BCUT2D eigenvalue weighted by atomic mass is 10.1. The number of aromatic nitrogens is 1. The zero-order valence-corrected chi connectivity index (χ0v) is 17.6. The maximum atomic E-state index is 12.9. The number of methoxy groups -OCH3 is 1. The molecule has 3 rings (SSSR count). The van der Waals surface area contributed by atoms with E-state index in [1.165, 1.54) is 7.11 Å². The van der Waals surface area contributed by atoms with E-state index in [1.807, 2.05) is 37.4 Å². The molecule has 1 aromatic heterocycles. The van der Waals surface area contributed by atoms with Crippen LogP contribution < -0.4 is 15.4 Å². The molecule has 6 nitrogen and oxygen atoms in total. The zero-order chi connectivity index (χ0) is 21.5. The van der Waals surface area contributed by atoms with E-state index in [4.69, 9.17) is 4.74 Å². The van der Waals surface area contributed by atoms with E-state index in [2.05, 4.69) is 22.1 Å². The Kier molecular flexibility index (Phi) is 6.91. The van der Waals surface area contributed by atoms with Gasteiger partial charge in [-0.2, -0.15) is 0 Å². The van der Waals surface area contributed by atoms with Crippen molar-refractivity contribution < 1.29 is 14.3 Å². The van der Waals surface area contributed by atoms with Crippen LogP contribution in [-0.4, -0.2) is 30.0 Å². The Morgan fingerprint density at radius 2 is 1.80 bits per heavy atom. The van der Waals surface area contributed by atoms with E-state index in [1.54, 1.807) is 30.3 Å². The fourth-order valence-corrected chi connectivity index (χ4v) is 3.32. The van der Waals surface area contributed by atoms with Gasteiger partial charge in [-0.3, -0.25) is 9.59 Å². The predicted octanol–water partition coefficient (Wildman–Crippen LogP) is 3.97. The molecule has 2 aromatic carbocycles. The third-order valence-corrected chi connectivity index (χ3v) is 4.84. The van der Waals surface area contributed by atoms with Crippen molar-refractivity contribution >= 4 is 28.8 Å². The fourth-order valence-electron chi connectivity index (χ4n) is 3.32. The van der Waals surface area contributed by atoms with Gasteiger partial charge in [0.1, 0.15) is 11.4 Å². The van der Waals surface area contributed by atoms with Crippen LogP contribution >= 0.6 is 0 Å². The van der Waals surface area contributed by atoms with Crippen molar-refractivity contribution in [2.75, 3.05) is 13.7 Å². The van der Waals surface area contributed by atoms with Crippen LogP contribution in [0.4, 0.5) is 0 Å². The summed E-state index contributed by atoms with van der Waals surface area (Å²) in [4.78, 5) is 25.7. The molecule has 3 aromatic rings. The van der Waals surface area contributed by atoms with E-state index >= 15 is 0 Å². The van der Waals surface area contributed by atoms with Gasteiger partial charge in [0.2, 0.25) is 0 Å². The molecule has 156 valence electrons. The summed E-state index contributed by atoms with van der Waals surface area (Å²) in [5.74, 6) is -0.274. The molecular formula is C24H27N3O3. The fraction of sp³-hybridized carbons (Fsp3) is 0.250. The average molecular weight is 405 g/mol. The third-order valence-electron chi connectivity index (χ3n) is 4.84. The highest BCUT2D eigenvalue weighted by molar-refractivity contribution is 6.07. The van der Waals surface area contributed by atoms with Crippen LogP contribution in [0.25, 0.3) is 17.0 Å². The van der Waals surface area contributed by atoms with Gasteiger partial charge in [0.15, 0.2) is 0 Å². The van der Waals surface area contributed by atoms with Crippen molar-refractivity contribution in [2.45, 2.75) is 26.8 Å². The first-order chi connectivity index (χ1) is 14.6. The molecule has 0 spiro atoms.